The van der Waals surface area contributed by atoms with Gasteiger partial charge in [0.1, 0.15) is 11.9 Å². The molecule has 9 heteroatoms. The number of ether oxygens (including phenoxy) is 2. The molecule has 1 atom stereocenters. The van der Waals surface area contributed by atoms with Crippen LogP contribution >= 0.6 is 0 Å². The standard InChI is InChI=1S/C22H23FN2O5S/c23-15-5-8-17(9-6-15)31(27,28)25-13-3-4-18(25)21(26)24-16-7-10-19-20(14-16)30-22(29-19)11-1-2-12-22/h5-10,14,18H,1-4,11-13H2,(H,24,26)/t18-/m1/s1. The number of halogens is 1. The van der Waals surface area contributed by atoms with E-state index in [1.165, 1.54) is 16.4 Å². The molecule has 2 heterocycles. The van der Waals surface area contributed by atoms with Crippen molar-refractivity contribution in [2.45, 2.75) is 55.2 Å². The summed E-state index contributed by atoms with van der Waals surface area (Å²) in [6.07, 6.45) is 4.76. The predicted octanol–water partition coefficient (Wildman–Crippen LogP) is 3.66. The number of nitrogens with zero attached hydrogens (tertiary/aromatic N) is 1. The van der Waals surface area contributed by atoms with Crippen LogP contribution in [0.1, 0.15) is 38.5 Å². The first-order chi connectivity index (χ1) is 14.9. The first kappa shape index (κ1) is 20.3. The smallest absolute Gasteiger partial charge is 0.251 e. The van der Waals surface area contributed by atoms with Gasteiger partial charge in [-0.2, -0.15) is 4.31 Å². The van der Waals surface area contributed by atoms with Crippen LogP contribution in [0.15, 0.2) is 47.4 Å². The molecular weight excluding hydrogens is 423 g/mol. The Kier molecular flexibility index (Phi) is 4.90. The van der Waals surface area contributed by atoms with Gasteiger partial charge in [0, 0.05) is 31.1 Å². The van der Waals surface area contributed by atoms with Crippen molar-refractivity contribution in [2.75, 3.05) is 11.9 Å². The van der Waals surface area contributed by atoms with Gasteiger partial charge in [0.2, 0.25) is 15.9 Å². The molecule has 1 saturated carbocycles. The summed E-state index contributed by atoms with van der Waals surface area (Å²) in [6, 6.07) is 9.00. The van der Waals surface area contributed by atoms with Gasteiger partial charge in [0.05, 0.1) is 4.90 Å². The monoisotopic (exact) mass is 446 g/mol. The summed E-state index contributed by atoms with van der Waals surface area (Å²) in [5, 5.41) is 2.81. The summed E-state index contributed by atoms with van der Waals surface area (Å²) < 4.78 is 52.4. The normalized spacial score (nSPS) is 22.2. The Hall–Kier alpha value is -2.65. The van der Waals surface area contributed by atoms with E-state index in [1.54, 1.807) is 18.2 Å². The highest BCUT2D eigenvalue weighted by Gasteiger charge is 2.44. The van der Waals surface area contributed by atoms with Crippen molar-refractivity contribution in [3.05, 3.63) is 48.3 Å². The van der Waals surface area contributed by atoms with Crippen LogP contribution in [0.25, 0.3) is 0 Å². The maximum Gasteiger partial charge on any atom is 0.251 e. The number of nitrogens with one attached hydrogen (secondary N) is 1. The van der Waals surface area contributed by atoms with Crippen LogP contribution in [0.3, 0.4) is 0 Å². The Morgan fingerprint density at radius 3 is 2.48 bits per heavy atom. The molecule has 0 unspecified atom stereocenters. The minimum atomic E-state index is -3.91. The van der Waals surface area contributed by atoms with Crippen molar-refractivity contribution in [1.29, 1.82) is 0 Å². The van der Waals surface area contributed by atoms with Crippen LogP contribution < -0.4 is 14.8 Å². The lowest BCUT2D eigenvalue weighted by Gasteiger charge is -2.23. The first-order valence-corrected chi connectivity index (χ1v) is 11.9. The fourth-order valence-corrected chi connectivity index (χ4v) is 6.20. The zero-order valence-electron chi connectivity index (χ0n) is 16.8. The molecule has 2 aromatic rings. The molecule has 2 aliphatic heterocycles. The zero-order chi connectivity index (χ0) is 21.6. The molecule has 0 radical (unpaired) electrons. The molecule has 1 spiro atoms. The van der Waals surface area contributed by atoms with Gasteiger partial charge in [-0.25, -0.2) is 12.8 Å². The van der Waals surface area contributed by atoms with Gasteiger partial charge in [-0.1, -0.05) is 0 Å². The van der Waals surface area contributed by atoms with Crippen LogP contribution in [0.4, 0.5) is 10.1 Å². The fourth-order valence-electron chi connectivity index (χ4n) is 4.55. The van der Waals surface area contributed by atoms with E-state index in [-0.39, 0.29) is 11.4 Å². The molecule has 1 aliphatic carbocycles. The van der Waals surface area contributed by atoms with E-state index < -0.39 is 33.6 Å². The lowest BCUT2D eigenvalue weighted by molar-refractivity contribution is -0.119. The van der Waals surface area contributed by atoms with E-state index in [0.29, 0.717) is 30.0 Å². The van der Waals surface area contributed by atoms with Crippen molar-refractivity contribution in [3.8, 4) is 11.5 Å². The van der Waals surface area contributed by atoms with Gasteiger partial charge in [-0.3, -0.25) is 4.79 Å². The summed E-state index contributed by atoms with van der Waals surface area (Å²) in [6.45, 7) is 0.238. The highest BCUT2D eigenvalue weighted by atomic mass is 32.2. The summed E-state index contributed by atoms with van der Waals surface area (Å²) in [5.74, 6) is -0.270. The molecule has 2 aromatic carbocycles. The summed E-state index contributed by atoms with van der Waals surface area (Å²) in [5.41, 5.74) is 0.522. The predicted molar refractivity (Wildman–Crippen MR) is 111 cm³/mol. The third-order valence-electron chi connectivity index (χ3n) is 6.10. The number of hydrogen-bond acceptors (Lipinski definition) is 5. The number of hydrogen-bond donors (Lipinski definition) is 1. The molecule has 0 bridgehead atoms. The van der Waals surface area contributed by atoms with E-state index >= 15 is 0 Å². The second-order valence-electron chi connectivity index (χ2n) is 8.20. The van der Waals surface area contributed by atoms with Crippen molar-refractivity contribution in [1.82, 2.24) is 4.31 Å². The summed E-state index contributed by atoms with van der Waals surface area (Å²) in [7, 11) is -3.91. The Labute approximate surface area is 180 Å². The Morgan fingerprint density at radius 2 is 1.74 bits per heavy atom. The van der Waals surface area contributed by atoms with Gasteiger partial charge < -0.3 is 14.8 Å². The van der Waals surface area contributed by atoms with E-state index in [4.69, 9.17) is 9.47 Å². The van der Waals surface area contributed by atoms with Crippen LogP contribution in [0.5, 0.6) is 11.5 Å². The van der Waals surface area contributed by atoms with Crippen molar-refractivity contribution >= 4 is 21.6 Å². The molecule has 3 aliphatic rings. The van der Waals surface area contributed by atoms with Gasteiger partial charge in [-0.15, -0.1) is 0 Å². The van der Waals surface area contributed by atoms with E-state index in [9.17, 15) is 17.6 Å². The SMILES string of the molecule is O=C(Nc1ccc2c(c1)OC1(CCCC1)O2)[C@H]1CCCN1S(=O)(=O)c1ccc(F)cc1. The van der Waals surface area contributed by atoms with E-state index in [2.05, 4.69) is 5.32 Å². The van der Waals surface area contributed by atoms with Crippen molar-refractivity contribution in [3.63, 3.8) is 0 Å². The number of anilines is 1. The van der Waals surface area contributed by atoms with Crippen LogP contribution in [-0.4, -0.2) is 37.0 Å². The minimum absolute atomic E-state index is 0.0291. The van der Waals surface area contributed by atoms with Gasteiger partial charge in [-0.05, 0) is 62.1 Å². The third kappa shape index (κ3) is 3.65. The Bertz CT molecular complexity index is 1110. The molecule has 7 nitrogen and oxygen atoms in total. The maximum absolute atomic E-state index is 13.2. The molecule has 5 rings (SSSR count). The number of amides is 1. The van der Waals surface area contributed by atoms with Crippen molar-refractivity contribution < 1.29 is 27.1 Å². The fraction of sp³-hybridized carbons (Fsp3) is 0.409. The summed E-state index contributed by atoms with van der Waals surface area (Å²) >= 11 is 0. The van der Waals surface area contributed by atoms with Gasteiger partial charge in [0.15, 0.2) is 11.5 Å². The molecular formula is C22H23FN2O5S. The zero-order valence-corrected chi connectivity index (χ0v) is 17.7. The average molecular weight is 447 g/mol. The minimum Gasteiger partial charge on any atom is -0.448 e. The van der Waals surface area contributed by atoms with E-state index in [0.717, 1.165) is 37.8 Å². The van der Waals surface area contributed by atoms with Gasteiger partial charge in [0.25, 0.3) is 5.79 Å². The Morgan fingerprint density at radius 1 is 1.03 bits per heavy atom. The lowest BCUT2D eigenvalue weighted by Crippen LogP contribution is -2.43. The van der Waals surface area contributed by atoms with Gasteiger partial charge >= 0.3 is 0 Å². The number of fused-ring (bicyclic) bond motifs is 1. The number of carbonyl (C=O) groups is 1. The molecule has 164 valence electrons. The molecule has 0 aromatic heterocycles. The molecule has 1 saturated heterocycles. The number of rotatable bonds is 4. The molecule has 31 heavy (non-hydrogen) atoms. The third-order valence-corrected chi connectivity index (χ3v) is 8.02. The number of benzene rings is 2. The van der Waals surface area contributed by atoms with Crippen molar-refractivity contribution in [2.24, 2.45) is 0 Å². The second kappa shape index (κ2) is 7.49. The average Bonchev–Trinajstić information content (AvgIpc) is 3.48. The molecule has 2 fully saturated rings. The lowest BCUT2D eigenvalue weighted by atomic mass is 10.2. The summed E-state index contributed by atoms with van der Waals surface area (Å²) in [4.78, 5) is 12.9. The highest BCUT2D eigenvalue weighted by Crippen LogP contribution is 2.47. The number of sulfonamides is 1. The maximum atomic E-state index is 13.2. The topological polar surface area (TPSA) is 84.9 Å². The quantitative estimate of drug-likeness (QED) is 0.775. The highest BCUT2D eigenvalue weighted by molar-refractivity contribution is 7.89. The van der Waals surface area contributed by atoms with Crippen LogP contribution in [0, 0.1) is 5.82 Å². The van der Waals surface area contributed by atoms with E-state index in [1.807, 2.05) is 0 Å². The van der Waals surface area contributed by atoms with Crippen LogP contribution in [-0.2, 0) is 14.8 Å². The molecule has 1 N–H and O–H groups in total. The van der Waals surface area contributed by atoms with Crippen LogP contribution in [0.2, 0.25) is 0 Å². The second-order valence-corrected chi connectivity index (χ2v) is 10.1. The number of carbonyl (C=O) groups excluding carboxylic acids is 1. The Balaban J connectivity index is 1.32. The molecule has 1 amide bonds. The first-order valence-electron chi connectivity index (χ1n) is 10.5. The largest absolute Gasteiger partial charge is 0.448 e.